The Morgan fingerprint density at radius 1 is 1.28 bits per heavy atom. The van der Waals surface area contributed by atoms with Crippen LogP contribution in [-0.2, 0) is 0 Å². The highest BCUT2D eigenvalue weighted by Crippen LogP contribution is 2.28. The molecule has 3 nitrogen and oxygen atoms in total. The Balaban J connectivity index is 2.68. The number of hydrogen-bond donors (Lipinski definition) is 1. The first-order valence-electron chi connectivity index (χ1n) is 5.62. The van der Waals surface area contributed by atoms with E-state index in [0.29, 0.717) is 5.56 Å². The Hall–Kier alpha value is -1.68. The fourth-order valence-electron chi connectivity index (χ4n) is 2.16. The first-order valence-corrected chi connectivity index (χ1v) is 6.84. The van der Waals surface area contributed by atoms with Gasteiger partial charge in [0.15, 0.2) is 0 Å². The summed E-state index contributed by atoms with van der Waals surface area (Å²) in [4.78, 5) is 12.3. The standard InChI is InChI=1S/C14H15NO2S/c1-9-8-11(14(16)17)10(2)15(9)12-6-4-5-7-13(12)18-3/h4-8H,1-3H3,(H,16,17). The number of nitrogens with zero attached hydrogens (tertiary/aromatic N) is 1. The number of carboxylic acids is 1. The number of para-hydroxylation sites is 1. The number of carbonyl (C=O) groups is 1. The van der Waals surface area contributed by atoms with Gasteiger partial charge in [0.2, 0.25) is 0 Å². The van der Waals surface area contributed by atoms with Gasteiger partial charge in [0.05, 0.1) is 11.3 Å². The first kappa shape index (κ1) is 12.8. The summed E-state index contributed by atoms with van der Waals surface area (Å²) in [5.41, 5.74) is 3.10. The van der Waals surface area contributed by atoms with Crippen LogP contribution in [0.4, 0.5) is 0 Å². The molecule has 2 aromatic rings. The van der Waals surface area contributed by atoms with Crippen LogP contribution in [0, 0.1) is 13.8 Å². The SMILES string of the molecule is CSc1ccccc1-n1c(C)cc(C(=O)O)c1C. The highest BCUT2D eigenvalue weighted by atomic mass is 32.2. The fourth-order valence-corrected chi connectivity index (χ4v) is 2.75. The lowest BCUT2D eigenvalue weighted by atomic mass is 10.2. The molecule has 18 heavy (non-hydrogen) atoms. The van der Waals surface area contributed by atoms with Gasteiger partial charge in [-0.05, 0) is 38.3 Å². The maximum atomic E-state index is 11.2. The fraction of sp³-hybridized carbons (Fsp3) is 0.214. The molecule has 0 spiro atoms. The number of benzene rings is 1. The molecule has 0 bridgehead atoms. The van der Waals surface area contributed by atoms with Crippen molar-refractivity contribution in [2.45, 2.75) is 18.7 Å². The molecule has 0 aliphatic carbocycles. The lowest BCUT2D eigenvalue weighted by molar-refractivity contribution is 0.0696. The van der Waals surface area contributed by atoms with Crippen LogP contribution in [0.5, 0.6) is 0 Å². The molecule has 2 rings (SSSR count). The highest BCUT2D eigenvalue weighted by Gasteiger charge is 2.16. The maximum absolute atomic E-state index is 11.2. The molecule has 4 heteroatoms. The van der Waals surface area contributed by atoms with Crippen molar-refractivity contribution in [2.24, 2.45) is 0 Å². The third kappa shape index (κ3) is 2.04. The average Bonchev–Trinajstić information content (AvgIpc) is 2.65. The van der Waals surface area contributed by atoms with Crippen LogP contribution in [0.3, 0.4) is 0 Å². The largest absolute Gasteiger partial charge is 0.478 e. The van der Waals surface area contributed by atoms with Gasteiger partial charge in [0, 0.05) is 16.3 Å². The molecular weight excluding hydrogens is 246 g/mol. The van der Waals surface area contributed by atoms with Gasteiger partial charge >= 0.3 is 5.97 Å². The van der Waals surface area contributed by atoms with Crippen LogP contribution >= 0.6 is 11.8 Å². The number of rotatable bonds is 3. The van der Waals surface area contributed by atoms with Gasteiger partial charge < -0.3 is 9.67 Å². The number of aromatic carboxylic acids is 1. The first-order chi connectivity index (χ1) is 8.56. The summed E-state index contributed by atoms with van der Waals surface area (Å²) in [7, 11) is 0. The van der Waals surface area contributed by atoms with Crippen LogP contribution in [-0.4, -0.2) is 21.9 Å². The number of thioether (sulfide) groups is 1. The van der Waals surface area contributed by atoms with Crippen LogP contribution in [0.15, 0.2) is 35.2 Å². The molecule has 0 radical (unpaired) electrons. The van der Waals surface area contributed by atoms with Crippen molar-refractivity contribution in [1.29, 1.82) is 0 Å². The van der Waals surface area contributed by atoms with Gasteiger partial charge in [-0.25, -0.2) is 4.79 Å². The Kier molecular flexibility index (Phi) is 3.48. The monoisotopic (exact) mass is 261 g/mol. The zero-order chi connectivity index (χ0) is 13.3. The Morgan fingerprint density at radius 2 is 1.94 bits per heavy atom. The molecule has 0 aliphatic heterocycles. The van der Waals surface area contributed by atoms with Crippen molar-refractivity contribution in [3.8, 4) is 5.69 Å². The summed E-state index contributed by atoms with van der Waals surface area (Å²) in [5.74, 6) is -0.879. The molecule has 0 unspecified atom stereocenters. The second-order valence-electron chi connectivity index (χ2n) is 4.10. The van der Waals surface area contributed by atoms with Gasteiger partial charge in [-0.2, -0.15) is 0 Å². The number of carboxylic acid groups (broad SMARTS) is 1. The van der Waals surface area contributed by atoms with E-state index in [1.54, 1.807) is 17.8 Å². The molecule has 94 valence electrons. The minimum absolute atomic E-state index is 0.364. The zero-order valence-corrected chi connectivity index (χ0v) is 11.4. The topological polar surface area (TPSA) is 42.2 Å². The highest BCUT2D eigenvalue weighted by molar-refractivity contribution is 7.98. The molecule has 0 amide bonds. The van der Waals surface area contributed by atoms with Gasteiger partial charge in [0.1, 0.15) is 0 Å². The van der Waals surface area contributed by atoms with Crippen molar-refractivity contribution in [3.05, 3.63) is 47.3 Å². The molecule has 0 saturated heterocycles. The summed E-state index contributed by atoms with van der Waals surface area (Å²) in [6.45, 7) is 3.77. The second-order valence-corrected chi connectivity index (χ2v) is 4.95. The van der Waals surface area contributed by atoms with E-state index in [1.807, 2.05) is 48.9 Å². The van der Waals surface area contributed by atoms with E-state index in [-0.39, 0.29) is 0 Å². The van der Waals surface area contributed by atoms with E-state index >= 15 is 0 Å². The third-order valence-electron chi connectivity index (χ3n) is 2.99. The number of aromatic nitrogens is 1. The smallest absolute Gasteiger partial charge is 0.337 e. The average molecular weight is 261 g/mol. The van der Waals surface area contributed by atoms with Crippen LogP contribution in [0.1, 0.15) is 21.7 Å². The lowest BCUT2D eigenvalue weighted by Gasteiger charge is -2.13. The van der Waals surface area contributed by atoms with Crippen LogP contribution < -0.4 is 0 Å². The van der Waals surface area contributed by atoms with E-state index in [0.717, 1.165) is 22.0 Å². The molecule has 1 aromatic heterocycles. The summed E-state index contributed by atoms with van der Waals surface area (Å²) in [5, 5.41) is 9.16. The zero-order valence-electron chi connectivity index (χ0n) is 10.6. The van der Waals surface area contributed by atoms with Crippen molar-refractivity contribution >= 4 is 17.7 Å². The summed E-state index contributed by atoms with van der Waals surface area (Å²) in [6, 6.07) is 9.72. The Bertz CT molecular complexity index is 602. The molecular formula is C14H15NO2S. The van der Waals surface area contributed by atoms with Gasteiger partial charge in [-0.3, -0.25) is 0 Å². The normalized spacial score (nSPS) is 10.6. The van der Waals surface area contributed by atoms with Crippen LogP contribution in [0.25, 0.3) is 5.69 Å². The van der Waals surface area contributed by atoms with E-state index in [4.69, 9.17) is 5.11 Å². The predicted molar refractivity (Wildman–Crippen MR) is 74.0 cm³/mol. The van der Waals surface area contributed by atoms with Crippen molar-refractivity contribution in [1.82, 2.24) is 4.57 Å². The van der Waals surface area contributed by atoms with E-state index in [2.05, 4.69) is 0 Å². The van der Waals surface area contributed by atoms with E-state index in [9.17, 15) is 4.79 Å². The van der Waals surface area contributed by atoms with Crippen molar-refractivity contribution in [3.63, 3.8) is 0 Å². The summed E-state index contributed by atoms with van der Waals surface area (Å²) < 4.78 is 2.00. The number of hydrogen-bond acceptors (Lipinski definition) is 2. The van der Waals surface area contributed by atoms with Crippen molar-refractivity contribution in [2.75, 3.05) is 6.26 Å². The third-order valence-corrected chi connectivity index (χ3v) is 3.77. The molecule has 0 atom stereocenters. The number of aryl methyl sites for hydroxylation is 1. The second kappa shape index (κ2) is 4.90. The molecule has 0 saturated carbocycles. The predicted octanol–water partition coefficient (Wildman–Crippen LogP) is 3.51. The maximum Gasteiger partial charge on any atom is 0.337 e. The Labute approximate surface area is 110 Å². The van der Waals surface area contributed by atoms with Gasteiger partial charge in [0.25, 0.3) is 0 Å². The molecule has 0 fully saturated rings. The summed E-state index contributed by atoms with van der Waals surface area (Å²) >= 11 is 1.66. The molecule has 1 heterocycles. The summed E-state index contributed by atoms with van der Waals surface area (Å²) in [6.07, 6.45) is 2.02. The van der Waals surface area contributed by atoms with Crippen LogP contribution in [0.2, 0.25) is 0 Å². The quantitative estimate of drug-likeness (QED) is 0.860. The van der Waals surface area contributed by atoms with E-state index < -0.39 is 5.97 Å². The minimum atomic E-state index is -0.879. The molecule has 1 N–H and O–H groups in total. The van der Waals surface area contributed by atoms with Crippen molar-refractivity contribution < 1.29 is 9.90 Å². The Morgan fingerprint density at radius 3 is 2.50 bits per heavy atom. The van der Waals surface area contributed by atoms with Gasteiger partial charge in [-0.15, -0.1) is 11.8 Å². The lowest BCUT2D eigenvalue weighted by Crippen LogP contribution is -2.03. The van der Waals surface area contributed by atoms with E-state index in [1.165, 1.54) is 0 Å². The molecule has 0 aliphatic rings. The molecule has 1 aromatic carbocycles. The van der Waals surface area contributed by atoms with Gasteiger partial charge in [-0.1, -0.05) is 12.1 Å². The minimum Gasteiger partial charge on any atom is -0.478 e.